The lowest BCUT2D eigenvalue weighted by Crippen LogP contribution is -2.58. The summed E-state index contributed by atoms with van der Waals surface area (Å²) in [5, 5.41) is 3.45. The van der Waals surface area contributed by atoms with E-state index in [2.05, 4.69) is 24.1 Å². The minimum Gasteiger partial charge on any atom is -0.314 e. The van der Waals surface area contributed by atoms with E-state index >= 15 is 0 Å². The average molecular weight is 154 g/mol. The first-order valence-electron chi connectivity index (χ1n) is 4.68. The molecule has 0 spiro atoms. The predicted octanol–water partition coefficient (Wildman–Crippen LogP) is 0.833. The molecule has 0 bridgehead atoms. The van der Waals surface area contributed by atoms with Crippen LogP contribution in [0.15, 0.2) is 0 Å². The van der Waals surface area contributed by atoms with Gasteiger partial charge in [-0.15, -0.1) is 0 Å². The lowest BCUT2D eigenvalue weighted by molar-refractivity contribution is 0.0822. The molecule has 1 aliphatic heterocycles. The molecule has 1 aliphatic carbocycles. The van der Waals surface area contributed by atoms with Crippen LogP contribution >= 0.6 is 0 Å². The maximum Gasteiger partial charge on any atom is 0.0281 e. The van der Waals surface area contributed by atoms with Gasteiger partial charge in [-0.1, -0.05) is 0 Å². The van der Waals surface area contributed by atoms with Crippen molar-refractivity contribution in [2.45, 2.75) is 38.3 Å². The molecule has 0 unspecified atom stereocenters. The monoisotopic (exact) mass is 154 g/mol. The van der Waals surface area contributed by atoms with Crippen molar-refractivity contribution in [2.24, 2.45) is 0 Å². The normalized spacial score (nSPS) is 32.2. The number of nitrogens with zero attached hydrogens (tertiary/aromatic N) is 1. The summed E-state index contributed by atoms with van der Waals surface area (Å²) in [7, 11) is 0. The third-order valence-electron chi connectivity index (χ3n) is 2.85. The summed E-state index contributed by atoms with van der Waals surface area (Å²) in [6.45, 7) is 8.27. The Hall–Kier alpha value is -0.0800. The Morgan fingerprint density at radius 3 is 2.64 bits per heavy atom. The van der Waals surface area contributed by atoms with Gasteiger partial charge in [0.05, 0.1) is 0 Å². The number of nitrogens with one attached hydrogen (secondary N) is 1. The van der Waals surface area contributed by atoms with Gasteiger partial charge in [0.1, 0.15) is 0 Å². The van der Waals surface area contributed by atoms with Crippen molar-refractivity contribution in [2.75, 3.05) is 19.6 Å². The highest BCUT2D eigenvalue weighted by atomic mass is 15.3. The molecule has 2 heteroatoms. The summed E-state index contributed by atoms with van der Waals surface area (Å²) in [6.07, 6.45) is 2.87. The van der Waals surface area contributed by atoms with Crippen molar-refractivity contribution in [3.05, 3.63) is 0 Å². The molecule has 1 N–H and O–H groups in total. The van der Waals surface area contributed by atoms with Crippen LogP contribution in [0.5, 0.6) is 0 Å². The molecule has 0 aromatic carbocycles. The van der Waals surface area contributed by atoms with Crippen LogP contribution in [-0.4, -0.2) is 36.1 Å². The van der Waals surface area contributed by atoms with Gasteiger partial charge >= 0.3 is 0 Å². The molecule has 0 atom stereocenters. The molecule has 0 radical (unpaired) electrons. The maximum absolute atomic E-state index is 3.45. The Labute approximate surface area is 69.0 Å². The van der Waals surface area contributed by atoms with Crippen molar-refractivity contribution < 1.29 is 0 Å². The summed E-state index contributed by atoms with van der Waals surface area (Å²) < 4.78 is 0. The first-order valence-corrected chi connectivity index (χ1v) is 4.68. The molecule has 64 valence electrons. The Morgan fingerprint density at radius 1 is 1.36 bits per heavy atom. The minimum atomic E-state index is 0.402. The van der Waals surface area contributed by atoms with Gasteiger partial charge in [-0.2, -0.15) is 0 Å². The van der Waals surface area contributed by atoms with Crippen LogP contribution in [-0.2, 0) is 0 Å². The summed E-state index contributed by atoms with van der Waals surface area (Å²) in [6, 6.07) is 0.923. The van der Waals surface area contributed by atoms with Gasteiger partial charge in [0.2, 0.25) is 0 Å². The number of piperazine rings is 1. The average Bonchev–Trinajstić information content (AvgIpc) is 2.69. The van der Waals surface area contributed by atoms with E-state index < -0.39 is 0 Å². The fourth-order valence-corrected chi connectivity index (χ4v) is 2.06. The molecular weight excluding hydrogens is 136 g/mol. The minimum absolute atomic E-state index is 0.402. The molecule has 2 fully saturated rings. The van der Waals surface area contributed by atoms with Crippen LogP contribution in [0.3, 0.4) is 0 Å². The first kappa shape index (κ1) is 7.56. The zero-order valence-corrected chi connectivity index (χ0v) is 7.56. The highest BCUT2D eigenvalue weighted by Crippen LogP contribution is 2.33. The zero-order chi connectivity index (χ0) is 7.90. The molecule has 11 heavy (non-hydrogen) atoms. The SMILES string of the molecule is CC1(C)CNCCN1C1CC1. The lowest BCUT2D eigenvalue weighted by atomic mass is 10.00. The lowest BCUT2D eigenvalue weighted by Gasteiger charge is -2.43. The van der Waals surface area contributed by atoms with Crippen molar-refractivity contribution in [1.29, 1.82) is 0 Å². The fraction of sp³-hybridized carbons (Fsp3) is 1.00. The highest BCUT2D eigenvalue weighted by molar-refractivity contribution is 4.97. The molecule has 0 aromatic heterocycles. The standard InChI is InChI=1S/C9H18N2/c1-9(2)7-10-5-6-11(9)8-3-4-8/h8,10H,3-7H2,1-2H3. The number of rotatable bonds is 1. The second-order valence-electron chi connectivity index (χ2n) is 4.41. The van der Waals surface area contributed by atoms with Gasteiger partial charge in [0.25, 0.3) is 0 Å². The van der Waals surface area contributed by atoms with E-state index in [0.717, 1.165) is 12.6 Å². The fourth-order valence-electron chi connectivity index (χ4n) is 2.06. The molecule has 0 aromatic rings. The van der Waals surface area contributed by atoms with Gasteiger partial charge in [0.15, 0.2) is 0 Å². The molecular formula is C9H18N2. The quantitative estimate of drug-likeness (QED) is 0.602. The Balaban J connectivity index is 2.02. The van der Waals surface area contributed by atoms with Gasteiger partial charge in [-0.25, -0.2) is 0 Å². The van der Waals surface area contributed by atoms with E-state index in [4.69, 9.17) is 0 Å². The van der Waals surface area contributed by atoms with Crippen LogP contribution < -0.4 is 5.32 Å². The Kier molecular flexibility index (Phi) is 1.69. The Morgan fingerprint density at radius 2 is 2.09 bits per heavy atom. The topological polar surface area (TPSA) is 15.3 Å². The van der Waals surface area contributed by atoms with Gasteiger partial charge in [0, 0.05) is 31.2 Å². The third-order valence-corrected chi connectivity index (χ3v) is 2.85. The molecule has 1 saturated heterocycles. The van der Waals surface area contributed by atoms with E-state index in [0.29, 0.717) is 5.54 Å². The first-order chi connectivity index (χ1) is 5.20. The number of hydrogen-bond acceptors (Lipinski definition) is 2. The van der Waals surface area contributed by atoms with Gasteiger partial charge in [-0.05, 0) is 26.7 Å². The van der Waals surface area contributed by atoms with Crippen molar-refractivity contribution in [3.8, 4) is 0 Å². The van der Waals surface area contributed by atoms with Crippen molar-refractivity contribution >= 4 is 0 Å². The van der Waals surface area contributed by atoms with Crippen LogP contribution in [0.25, 0.3) is 0 Å². The summed E-state index contributed by atoms with van der Waals surface area (Å²) in [5.74, 6) is 0. The van der Waals surface area contributed by atoms with E-state index in [9.17, 15) is 0 Å². The van der Waals surface area contributed by atoms with E-state index in [1.165, 1.54) is 25.9 Å². The summed E-state index contributed by atoms with van der Waals surface area (Å²) >= 11 is 0. The van der Waals surface area contributed by atoms with E-state index in [-0.39, 0.29) is 0 Å². The van der Waals surface area contributed by atoms with Crippen LogP contribution in [0.1, 0.15) is 26.7 Å². The van der Waals surface area contributed by atoms with Crippen molar-refractivity contribution in [3.63, 3.8) is 0 Å². The third kappa shape index (κ3) is 1.42. The van der Waals surface area contributed by atoms with Crippen molar-refractivity contribution in [1.82, 2.24) is 10.2 Å². The zero-order valence-electron chi connectivity index (χ0n) is 7.56. The van der Waals surface area contributed by atoms with Gasteiger partial charge < -0.3 is 5.32 Å². The molecule has 2 rings (SSSR count). The largest absolute Gasteiger partial charge is 0.314 e. The number of hydrogen-bond donors (Lipinski definition) is 1. The molecule has 1 heterocycles. The van der Waals surface area contributed by atoms with Crippen LogP contribution in [0, 0.1) is 0 Å². The van der Waals surface area contributed by atoms with Crippen LogP contribution in [0.2, 0.25) is 0 Å². The molecule has 2 nitrogen and oxygen atoms in total. The second kappa shape index (κ2) is 2.46. The molecule has 0 amide bonds. The smallest absolute Gasteiger partial charge is 0.0281 e. The summed E-state index contributed by atoms with van der Waals surface area (Å²) in [4.78, 5) is 2.67. The summed E-state index contributed by atoms with van der Waals surface area (Å²) in [5.41, 5.74) is 0.402. The highest BCUT2D eigenvalue weighted by Gasteiger charge is 2.39. The van der Waals surface area contributed by atoms with Gasteiger partial charge in [-0.3, -0.25) is 4.90 Å². The predicted molar refractivity (Wildman–Crippen MR) is 46.7 cm³/mol. The second-order valence-corrected chi connectivity index (χ2v) is 4.41. The van der Waals surface area contributed by atoms with Crippen LogP contribution in [0.4, 0.5) is 0 Å². The maximum atomic E-state index is 3.45. The Bertz CT molecular complexity index is 150. The molecule has 1 saturated carbocycles. The van der Waals surface area contributed by atoms with E-state index in [1.54, 1.807) is 0 Å². The van der Waals surface area contributed by atoms with E-state index in [1.807, 2.05) is 0 Å². The molecule has 2 aliphatic rings.